The van der Waals surface area contributed by atoms with Gasteiger partial charge in [0, 0.05) is 31.0 Å². The van der Waals surface area contributed by atoms with E-state index in [4.69, 9.17) is 0 Å². The summed E-state index contributed by atoms with van der Waals surface area (Å²) < 4.78 is 0. The molecule has 2 aliphatic rings. The Bertz CT molecular complexity index is 424. The van der Waals surface area contributed by atoms with E-state index < -0.39 is 0 Å². The molecule has 1 atom stereocenters. The smallest absolute Gasteiger partial charge is 0.227 e. The molecular weight excluding hydrogens is 238 g/mol. The monoisotopic (exact) mass is 259 g/mol. The first kappa shape index (κ1) is 12.6. The van der Waals surface area contributed by atoms with Gasteiger partial charge in [0.25, 0.3) is 0 Å². The average molecular weight is 259 g/mol. The van der Waals surface area contributed by atoms with Gasteiger partial charge in [-0.15, -0.1) is 0 Å². The first-order chi connectivity index (χ1) is 9.33. The average Bonchev–Trinajstić information content (AvgIpc) is 3.14. The lowest BCUT2D eigenvalue weighted by Crippen LogP contribution is -2.43. The summed E-state index contributed by atoms with van der Waals surface area (Å²) in [5, 5.41) is 3.48. The van der Waals surface area contributed by atoms with Crippen molar-refractivity contribution in [3.8, 4) is 0 Å². The maximum absolute atomic E-state index is 12.5. The summed E-state index contributed by atoms with van der Waals surface area (Å²) in [4.78, 5) is 18.6. The normalized spacial score (nSPS) is 22.4. The molecule has 0 bridgehead atoms. The fourth-order valence-corrected chi connectivity index (χ4v) is 2.77. The molecule has 1 aromatic heterocycles. The molecule has 2 heterocycles. The van der Waals surface area contributed by atoms with E-state index in [1.54, 1.807) is 12.4 Å². The number of carbonyl (C=O) groups is 1. The Hall–Kier alpha value is -1.42. The van der Waals surface area contributed by atoms with E-state index >= 15 is 0 Å². The van der Waals surface area contributed by atoms with Crippen molar-refractivity contribution < 1.29 is 4.79 Å². The Labute approximate surface area is 114 Å². The zero-order valence-electron chi connectivity index (χ0n) is 11.2. The van der Waals surface area contributed by atoms with Crippen LogP contribution in [0.25, 0.3) is 0 Å². The van der Waals surface area contributed by atoms with Crippen LogP contribution < -0.4 is 5.32 Å². The number of pyridine rings is 1. The number of hydrogen-bond donors (Lipinski definition) is 1. The summed E-state index contributed by atoms with van der Waals surface area (Å²) in [6.07, 6.45) is 8.79. The third kappa shape index (κ3) is 3.32. The summed E-state index contributed by atoms with van der Waals surface area (Å²) in [5.74, 6) is 0.254. The minimum absolute atomic E-state index is 0.254. The largest absolute Gasteiger partial charge is 0.338 e. The van der Waals surface area contributed by atoms with Gasteiger partial charge in [0.05, 0.1) is 6.42 Å². The first-order valence-electron chi connectivity index (χ1n) is 7.24. The SMILES string of the molecule is O=C(Cc1cccnc1)N(CC1CCCN1)C1CC1. The number of amides is 1. The van der Waals surface area contributed by atoms with E-state index in [0.29, 0.717) is 18.5 Å². The predicted octanol–water partition coefficient (Wildman–Crippen LogP) is 1.37. The van der Waals surface area contributed by atoms with E-state index in [0.717, 1.165) is 18.7 Å². The van der Waals surface area contributed by atoms with Gasteiger partial charge in [-0.1, -0.05) is 6.07 Å². The van der Waals surface area contributed by atoms with Crippen LogP contribution in [0.1, 0.15) is 31.2 Å². The van der Waals surface area contributed by atoms with Crippen LogP contribution in [0.4, 0.5) is 0 Å². The van der Waals surface area contributed by atoms with Crippen LogP contribution in [-0.2, 0) is 11.2 Å². The molecule has 3 rings (SSSR count). The van der Waals surface area contributed by atoms with Crippen molar-refractivity contribution in [2.45, 2.75) is 44.2 Å². The molecule has 1 aliphatic heterocycles. The molecule has 102 valence electrons. The number of rotatable bonds is 5. The van der Waals surface area contributed by atoms with Crippen LogP contribution in [-0.4, -0.2) is 41.0 Å². The van der Waals surface area contributed by atoms with E-state index in [9.17, 15) is 4.79 Å². The molecule has 1 saturated carbocycles. The second-order valence-electron chi connectivity index (χ2n) is 5.61. The summed E-state index contributed by atoms with van der Waals surface area (Å²) in [5.41, 5.74) is 1.01. The molecule has 1 aromatic rings. The van der Waals surface area contributed by atoms with Gasteiger partial charge in [0.2, 0.25) is 5.91 Å². The third-order valence-corrected chi connectivity index (χ3v) is 3.97. The van der Waals surface area contributed by atoms with Crippen LogP contribution >= 0.6 is 0 Å². The zero-order valence-corrected chi connectivity index (χ0v) is 11.2. The van der Waals surface area contributed by atoms with Gasteiger partial charge in [-0.25, -0.2) is 0 Å². The quantitative estimate of drug-likeness (QED) is 0.868. The molecule has 0 radical (unpaired) electrons. The Morgan fingerprint density at radius 2 is 2.32 bits per heavy atom. The van der Waals surface area contributed by atoms with E-state index in [2.05, 4.69) is 15.2 Å². The Balaban J connectivity index is 1.61. The topological polar surface area (TPSA) is 45.2 Å². The first-order valence-corrected chi connectivity index (χ1v) is 7.24. The molecule has 1 aliphatic carbocycles. The van der Waals surface area contributed by atoms with E-state index in [-0.39, 0.29) is 5.91 Å². The van der Waals surface area contributed by atoms with Crippen LogP contribution in [0.15, 0.2) is 24.5 Å². The second kappa shape index (κ2) is 5.70. The highest BCUT2D eigenvalue weighted by Gasteiger charge is 2.34. The summed E-state index contributed by atoms with van der Waals surface area (Å²) >= 11 is 0. The van der Waals surface area contributed by atoms with Crippen LogP contribution in [0.3, 0.4) is 0 Å². The fourth-order valence-electron chi connectivity index (χ4n) is 2.77. The van der Waals surface area contributed by atoms with Gasteiger partial charge in [-0.3, -0.25) is 9.78 Å². The molecule has 0 spiro atoms. The lowest BCUT2D eigenvalue weighted by atomic mass is 10.1. The molecule has 0 aromatic carbocycles. The molecule has 19 heavy (non-hydrogen) atoms. The number of nitrogens with zero attached hydrogens (tertiary/aromatic N) is 2. The highest BCUT2D eigenvalue weighted by Crippen LogP contribution is 2.28. The minimum Gasteiger partial charge on any atom is -0.338 e. The number of aromatic nitrogens is 1. The Morgan fingerprint density at radius 3 is 2.95 bits per heavy atom. The highest BCUT2D eigenvalue weighted by molar-refractivity contribution is 5.79. The van der Waals surface area contributed by atoms with Gasteiger partial charge < -0.3 is 10.2 Å². The van der Waals surface area contributed by atoms with Gasteiger partial charge in [-0.05, 0) is 43.9 Å². The molecule has 2 fully saturated rings. The summed E-state index contributed by atoms with van der Waals surface area (Å²) in [6, 6.07) is 4.86. The Kier molecular flexibility index (Phi) is 3.78. The van der Waals surface area contributed by atoms with Crippen molar-refractivity contribution in [3.63, 3.8) is 0 Å². The van der Waals surface area contributed by atoms with Gasteiger partial charge in [0.1, 0.15) is 0 Å². The van der Waals surface area contributed by atoms with Gasteiger partial charge >= 0.3 is 0 Å². The maximum atomic E-state index is 12.5. The third-order valence-electron chi connectivity index (χ3n) is 3.97. The molecule has 1 saturated heterocycles. The zero-order chi connectivity index (χ0) is 13.1. The van der Waals surface area contributed by atoms with Crippen molar-refractivity contribution in [1.82, 2.24) is 15.2 Å². The van der Waals surface area contributed by atoms with E-state index in [1.807, 2.05) is 12.1 Å². The highest BCUT2D eigenvalue weighted by atomic mass is 16.2. The lowest BCUT2D eigenvalue weighted by Gasteiger charge is -2.26. The molecular formula is C15H21N3O. The molecule has 4 nitrogen and oxygen atoms in total. The van der Waals surface area contributed by atoms with Crippen LogP contribution in [0, 0.1) is 0 Å². The molecule has 1 N–H and O–H groups in total. The van der Waals surface area contributed by atoms with Crippen molar-refractivity contribution in [2.75, 3.05) is 13.1 Å². The number of carbonyl (C=O) groups excluding carboxylic acids is 1. The fraction of sp³-hybridized carbons (Fsp3) is 0.600. The van der Waals surface area contributed by atoms with Crippen molar-refractivity contribution in [3.05, 3.63) is 30.1 Å². The van der Waals surface area contributed by atoms with Crippen molar-refractivity contribution in [2.24, 2.45) is 0 Å². The minimum atomic E-state index is 0.254. The van der Waals surface area contributed by atoms with Crippen LogP contribution in [0.5, 0.6) is 0 Å². The van der Waals surface area contributed by atoms with Gasteiger partial charge in [0.15, 0.2) is 0 Å². The van der Waals surface area contributed by atoms with Crippen LogP contribution in [0.2, 0.25) is 0 Å². The van der Waals surface area contributed by atoms with E-state index in [1.165, 1.54) is 25.7 Å². The standard InChI is InChI=1S/C15H21N3O/c19-15(9-12-3-1-7-16-10-12)18(14-5-6-14)11-13-4-2-8-17-13/h1,3,7,10,13-14,17H,2,4-6,8-9,11H2. The molecule has 1 amide bonds. The number of nitrogens with one attached hydrogen (secondary N) is 1. The lowest BCUT2D eigenvalue weighted by molar-refractivity contribution is -0.131. The summed E-state index contributed by atoms with van der Waals surface area (Å²) in [7, 11) is 0. The van der Waals surface area contributed by atoms with Crippen molar-refractivity contribution >= 4 is 5.91 Å². The van der Waals surface area contributed by atoms with Gasteiger partial charge in [-0.2, -0.15) is 0 Å². The Morgan fingerprint density at radius 1 is 1.42 bits per heavy atom. The maximum Gasteiger partial charge on any atom is 0.227 e. The molecule has 4 heteroatoms. The number of hydrogen-bond acceptors (Lipinski definition) is 3. The van der Waals surface area contributed by atoms with Crippen molar-refractivity contribution in [1.29, 1.82) is 0 Å². The summed E-state index contributed by atoms with van der Waals surface area (Å²) in [6.45, 7) is 1.98. The molecule has 1 unspecified atom stereocenters. The predicted molar refractivity (Wildman–Crippen MR) is 73.7 cm³/mol. The second-order valence-corrected chi connectivity index (χ2v) is 5.61.